The lowest BCUT2D eigenvalue weighted by molar-refractivity contribution is -0.187. The summed E-state index contributed by atoms with van der Waals surface area (Å²) in [6.45, 7) is 3.74. The molecule has 2 fully saturated rings. The average molecular weight is 211 g/mol. The van der Waals surface area contributed by atoms with Crippen LogP contribution in [-0.4, -0.2) is 34.0 Å². The van der Waals surface area contributed by atoms with E-state index >= 15 is 0 Å². The Bertz CT molecular complexity index is 305. The lowest BCUT2D eigenvalue weighted by Gasteiger charge is -2.54. The molecule has 1 aliphatic carbocycles. The Morgan fingerprint density at radius 2 is 2.00 bits per heavy atom. The molecule has 2 rings (SSSR count). The molecule has 1 saturated heterocycles. The Morgan fingerprint density at radius 1 is 1.47 bits per heavy atom. The molecule has 0 aromatic rings. The van der Waals surface area contributed by atoms with Crippen LogP contribution in [0.15, 0.2) is 0 Å². The Morgan fingerprint density at radius 3 is 2.40 bits per heavy atom. The molecule has 15 heavy (non-hydrogen) atoms. The zero-order valence-electron chi connectivity index (χ0n) is 9.19. The molecule has 1 amide bonds. The van der Waals surface area contributed by atoms with E-state index in [9.17, 15) is 14.7 Å². The molecule has 1 saturated carbocycles. The molecule has 1 spiro atoms. The minimum Gasteiger partial charge on any atom is -0.480 e. The van der Waals surface area contributed by atoms with Gasteiger partial charge in [-0.2, -0.15) is 0 Å². The Balaban J connectivity index is 2.28. The van der Waals surface area contributed by atoms with Gasteiger partial charge in [0.15, 0.2) is 0 Å². The maximum absolute atomic E-state index is 12.0. The number of hydrogen-bond donors (Lipinski definition) is 1. The fourth-order valence-corrected chi connectivity index (χ4v) is 3.07. The predicted molar refractivity (Wildman–Crippen MR) is 54.3 cm³/mol. The first-order chi connectivity index (χ1) is 7.00. The molecule has 1 unspecified atom stereocenters. The molecule has 0 aromatic carbocycles. The largest absolute Gasteiger partial charge is 0.480 e. The van der Waals surface area contributed by atoms with E-state index in [1.54, 1.807) is 0 Å². The van der Waals surface area contributed by atoms with Crippen LogP contribution in [0.3, 0.4) is 0 Å². The number of carbonyl (C=O) groups is 2. The van der Waals surface area contributed by atoms with Crippen LogP contribution in [0.4, 0.5) is 0 Å². The van der Waals surface area contributed by atoms with Crippen molar-refractivity contribution in [1.29, 1.82) is 0 Å². The van der Waals surface area contributed by atoms with Gasteiger partial charge >= 0.3 is 5.97 Å². The zero-order chi connectivity index (χ0) is 11.2. The van der Waals surface area contributed by atoms with Crippen molar-refractivity contribution in [3.8, 4) is 0 Å². The third-order valence-corrected chi connectivity index (χ3v) is 3.75. The second-order valence-electron chi connectivity index (χ2n) is 4.91. The smallest absolute Gasteiger partial charge is 0.327 e. The van der Waals surface area contributed by atoms with Gasteiger partial charge in [0.05, 0.1) is 5.41 Å². The van der Waals surface area contributed by atoms with Crippen molar-refractivity contribution in [1.82, 2.24) is 4.90 Å². The van der Waals surface area contributed by atoms with Crippen molar-refractivity contribution in [2.45, 2.75) is 51.6 Å². The monoisotopic (exact) mass is 211 g/mol. The topological polar surface area (TPSA) is 57.6 Å². The third-order valence-electron chi connectivity index (χ3n) is 3.75. The average Bonchev–Trinajstić information content (AvgIpc) is 2.62. The summed E-state index contributed by atoms with van der Waals surface area (Å²) >= 11 is 0. The fraction of sp³-hybridized carbons (Fsp3) is 0.818. The van der Waals surface area contributed by atoms with Gasteiger partial charge in [0.2, 0.25) is 5.91 Å². The highest BCUT2D eigenvalue weighted by atomic mass is 16.4. The third kappa shape index (κ3) is 1.20. The molecular formula is C11H17NO3. The summed E-state index contributed by atoms with van der Waals surface area (Å²) < 4.78 is 0. The zero-order valence-corrected chi connectivity index (χ0v) is 9.19. The van der Waals surface area contributed by atoms with Gasteiger partial charge in [0, 0.05) is 6.04 Å². The van der Waals surface area contributed by atoms with Crippen molar-refractivity contribution in [2.75, 3.05) is 0 Å². The fourth-order valence-electron chi connectivity index (χ4n) is 3.07. The van der Waals surface area contributed by atoms with Crippen molar-refractivity contribution < 1.29 is 14.7 Å². The Hall–Kier alpha value is -1.06. The minimum absolute atomic E-state index is 0.00942. The lowest BCUT2D eigenvalue weighted by atomic mass is 9.68. The van der Waals surface area contributed by atoms with E-state index in [2.05, 4.69) is 0 Å². The van der Waals surface area contributed by atoms with Crippen LogP contribution in [-0.2, 0) is 9.59 Å². The molecule has 1 aliphatic heterocycles. The number of hydrogen-bond acceptors (Lipinski definition) is 2. The van der Waals surface area contributed by atoms with Crippen LogP contribution in [0.25, 0.3) is 0 Å². The highest BCUT2D eigenvalue weighted by Crippen LogP contribution is 2.52. The minimum atomic E-state index is -0.842. The normalized spacial score (nSPS) is 28.6. The highest BCUT2D eigenvalue weighted by Gasteiger charge is 2.64. The Kier molecular flexibility index (Phi) is 2.24. The van der Waals surface area contributed by atoms with E-state index in [1.165, 1.54) is 4.90 Å². The maximum Gasteiger partial charge on any atom is 0.327 e. The summed E-state index contributed by atoms with van der Waals surface area (Å²) in [4.78, 5) is 24.7. The summed E-state index contributed by atoms with van der Waals surface area (Å²) in [6, 6.07) is -0.586. The molecule has 0 radical (unpaired) electrons. The first kappa shape index (κ1) is 10.5. The molecular weight excluding hydrogens is 194 g/mol. The van der Waals surface area contributed by atoms with E-state index in [0.717, 1.165) is 25.7 Å². The second-order valence-corrected chi connectivity index (χ2v) is 4.91. The number of aliphatic carboxylic acids is 1. The van der Waals surface area contributed by atoms with Gasteiger partial charge in [-0.1, -0.05) is 12.8 Å². The molecule has 0 aromatic heterocycles. The first-order valence-corrected chi connectivity index (χ1v) is 5.56. The van der Waals surface area contributed by atoms with Crippen LogP contribution in [0, 0.1) is 5.41 Å². The number of carbonyl (C=O) groups excluding carboxylic acids is 1. The number of carboxylic acid groups (broad SMARTS) is 1. The van der Waals surface area contributed by atoms with E-state index in [4.69, 9.17) is 0 Å². The van der Waals surface area contributed by atoms with Crippen LogP contribution in [0.1, 0.15) is 39.5 Å². The van der Waals surface area contributed by atoms with Gasteiger partial charge < -0.3 is 10.0 Å². The van der Waals surface area contributed by atoms with Gasteiger partial charge in [-0.3, -0.25) is 4.79 Å². The van der Waals surface area contributed by atoms with Gasteiger partial charge in [-0.05, 0) is 26.7 Å². The standard InChI is InChI=1S/C11H17NO3/c1-7(2)12-8(9(13)14)11(10(12)15)5-3-4-6-11/h7-8H,3-6H2,1-2H3,(H,13,14). The number of carboxylic acids is 1. The quantitative estimate of drug-likeness (QED) is 0.699. The van der Waals surface area contributed by atoms with Crippen molar-refractivity contribution in [3.05, 3.63) is 0 Å². The summed E-state index contributed by atoms with van der Waals surface area (Å²) in [5.74, 6) is -0.785. The summed E-state index contributed by atoms with van der Waals surface area (Å²) in [6.07, 6.45) is 3.49. The van der Waals surface area contributed by atoms with Gasteiger partial charge in [-0.25, -0.2) is 4.79 Å². The summed E-state index contributed by atoms with van der Waals surface area (Å²) in [5.41, 5.74) is -0.546. The van der Waals surface area contributed by atoms with Gasteiger partial charge in [0.25, 0.3) is 0 Å². The Labute approximate surface area is 89.3 Å². The molecule has 4 nitrogen and oxygen atoms in total. The van der Waals surface area contributed by atoms with Crippen LogP contribution >= 0.6 is 0 Å². The van der Waals surface area contributed by atoms with Crippen molar-refractivity contribution in [2.24, 2.45) is 5.41 Å². The summed E-state index contributed by atoms with van der Waals surface area (Å²) in [7, 11) is 0. The summed E-state index contributed by atoms with van der Waals surface area (Å²) in [5, 5.41) is 9.20. The number of amides is 1. The highest BCUT2D eigenvalue weighted by molar-refractivity contribution is 6.00. The van der Waals surface area contributed by atoms with E-state index < -0.39 is 17.4 Å². The number of nitrogens with zero attached hydrogens (tertiary/aromatic N) is 1. The molecule has 0 bridgehead atoms. The van der Waals surface area contributed by atoms with E-state index in [0.29, 0.717) is 0 Å². The number of likely N-dealkylation sites (tertiary alicyclic amines) is 1. The lowest BCUT2D eigenvalue weighted by Crippen LogP contribution is -2.72. The van der Waals surface area contributed by atoms with Crippen LogP contribution in [0.2, 0.25) is 0 Å². The van der Waals surface area contributed by atoms with Gasteiger partial charge in [0.1, 0.15) is 6.04 Å². The molecule has 4 heteroatoms. The molecule has 1 heterocycles. The number of rotatable bonds is 2. The predicted octanol–water partition coefficient (Wildman–Crippen LogP) is 1.25. The van der Waals surface area contributed by atoms with Crippen molar-refractivity contribution >= 4 is 11.9 Å². The molecule has 1 N–H and O–H groups in total. The van der Waals surface area contributed by atoms with Crippen LogP contribution in [0.5, 0.6) is 0 Å². The SMILES string of the molecule is CC(C)N1C(=O)C2(CCCC2)C1C(=O)O. The first-order valence-electron chi connectivity index (χ1n) is 5.56. The van der Waals surface area contributed by atoms with Gasteiger partial charge in [-0.15, -0.1) is 0 Å². The molecule has 2 aliphatic rings. The van der Waals surface area contributed by atoms with Crippen LogP contribution < -0.4 is 0 Å². The van der Waals surface area contributed by atoms with E-state index in [1.807, 2.05) is 13.8 Å². The second kappa shape index (κ2) is 3.22. The molecule has 84 valence electrons. The molecule has 1 atom stereocenters. The number of β-lactam (4-membered cyclic amide) rings is 1. The maximum atomic E-state index is 12.0. The van der Waals surface area contributed by atoms with E-state index in [-0.39, 0.29) is 11.9 Å². The van der Waals surface area contributed by atoms with Crippen molar-refractivity contribution in [3.63, 3.8) is 0 Å².